The fourth-order valence-electron chi connectivity index (χ4n) is 3.85. The summed E-state index contributed by atoms with van der Waals surface area (Å²) in [5.41, 5.74) is 0.639. The molecule has 0 bridgehead atoms. The minimum Gasteiger partial charge on any atom is -0.474 e. The van der Waals surface area contributed by atoms with Crippen LogP contribution >= 0.6 is 36.2 Å². The first-order valence-electron chi connectivity index (χ1n) is 10.0. The van der Waals surface area contributed by atoms with E-state index >= 15 is 0 Å². The number of benzene rings is 1. The van der Waals surface area contributed by atoms with E-state index in [1.54, 1.807) is 29.3 Å². The number of hydrogen-bond acceptors (Lipinski definition) is 6. The van der Waals surface area contributed by atoms with Crippen molar-refractivity contribution in [1.82, 2.24) is 10.3 Å². The van der Waals surface area contributed by atoms with Gasteiger partial charge in [0, 0.05) is 6.07 Å². The standard InChI is InChI=1S/C22H22ClN5O2S.ClH/c1-22(2)20(29)27(15-4-3-14(12-24)18(23)11-15)21(31)28(22)16-5-6-19(26-13-16)30-17-7-9-25-10-8-17;/h3-6,11,13,17,25H,7-10H2,1-2H3;1H. The number of carbonyl (C=O) groups excluding carboxylic acids is 1. The number of nitrogens with zero attached hydrogens (tertiary/aromatic N) is 4. The summed E-state index contributed by atoms with van der Waals surface area (Å²) in [5.74, 6) is 0.369. The Kier molecular flexibility index (Phi) is 7.25. The van der Waals surface area contributed by atoms with Crippen molar-refractivity contribution in [3.63, 3.8) is 0 Å². The quantitative estimate of drug-likeness (QED) is 0.645. The highest BCUT2D eigenvalue weighted by Gasteiger charge is 2.50. The lowest BCUT2D eigenvalue weighted by atomic mass is 10.0. The minimum atomic E-state index is -0.920. The maximum atomic E-state index is 13.3. The maximum absolute atomic E-state index is 13.3. The molecule has 2 aliphatic heterocycles. The molecule has 10 heteroatoms. The topological polar surface area (TPSA) is 81.5 Å². The van der Waals surface area contributed by atoms with Gasteiger partial charge in [-0.05, 0) is 76.3 Å². The number of thiocarbonyl (C=S) groups is 1. The van der Waals surface area contributed by atoms with Gasteiger partial charge < -0.3 is 15.0 Å². The Bertz CT molecular complexity index is 1060. The van der Waals surface area contributed by atoms with Crippen LogP contribution in [0.1, 0.15) is 32.3 Å². The Morgan fingerprint density at radius 2 is 1.94 bits per heavy atom. The second-order valence-corrected chi connectivity index (χ2v) is 8.79. The van der Waals surface area contributed by atoms with Gasteiger partial charge in [0.05, 0.1) is 28.2 Å². The van der Waals surface area contributed by atoms with Gasteiger partial charge in [0.25, 0.3) is 5.91 Å². The van der Waals surface area contributed by atoms with Crippen molar-refractivity contribution in [3.8, 4) is 11.9 Å². The molecule has 3 heterocycles. The Labute approximate surface area is 203 Å². The van der Waals surface area contributed by atoms with Gasteiger partial charge in [0.1, 0.15) is 17.7 Å². The van der Waals surface area contributed by atoms with Crippen LogP contribution in [-0.4, -0.2) is 40.7 Å². The highest BCUT2D eigenvalue weighted by molar-refractivity contribution is 7.81. The van der Waals surface area contributed by atoms with E-state index in [9.17, 15) is 4.79 Å². The zero-order chi connectivity index (χ0) is 22.2. The van der Waals surface area contributed by atoms with Crippen LogP contribution in [-0.2, 0) is 4.79 Å². The lowest BCUT2D eigenvalue weighted by Gasteiger charge is -2.29. The number of nitriles is 1. The van der Waals surface area contributed by atoms with E-state index in [1.165, 1.54) is 4.90 Å². The van der Waals surface area contributed by atoms with E-state index in [0.29, 0.717) is 27.9 Å². The van der Waals surface area contributed by atoms with Crippen LogP contribution in [0.4, 0.5) is 11.4 Å². The third-order valence-corrected chi connectivity index (χ3v) is 6.23. The van der Waals surface area contributed by atoms with Crippen LogP contribution in [0.5, 0.6) is 5.88 Å². The molecule has 1 aromatic carbocycles. The number of hydrogen-bond donors (Lipinski definition) is 1. The molecular formula is C22H23Cl2N5O2S. The number of anilines is 2. The SMILES string of the molecule is CC1(C)C(=O)N(c2ccc(C#N)c(Cl)c2)C(=S)N1c1ccc(OC2CCNCC2)nc1.Cl. The molecule has 0 unspecified atom stereocenters. The lowest BCUT2D eigenvalue weighted by Crippen LogP contribution is -2.44. The van der Waals surface area contributed by atoms with Gasteiger partial charge >= 0.3 is 0 Å². The first-order chi connectivity index (χ1) is 14.8. The van der Waals surface area contributed by atoms with Gasteiger partial charge in [-0.3, -0.25) is 9.69 Å². The smallest absolute Gasteiger partial charge is 0.259 e. The third kappa shape index (κ3) is 4.39. The first-order valence-corrected chi connectivity index (χ1v) is 10.8. The van der Waals surface area contributed by atoms with Crippen molar-refractivity contribution in [2.75, 3.05) is 22.9 Å². The average molecular weight is 492 g/mol. The summed E-state index contributed by atoms with van der Waals surface area (Å²) in [4.78, 5) is 20.9. The van der Waals surface area contributed by atoms with E-state index in [0.717, 1.165) is 25.9 Å². The summed E-state index contributed by atoms with van der Waals surface area (Å²) < 4.78 is 5.98. The van der Waals surface area contributed by atoms with E-state index in [-0.39, 0.29) is 29.4 Å². The molecule has 168 valence electrons. The van der Waals surface area contributed by atoms with Gasteiger partial charge in [-0.25, -0.2) is 4.98 Å². The molecule has 32 heavy (non-hydrogen) atoms. The van der Waals surface area contributed by atoms with E-state index < -0.39 is 5.54 Å². The van der Waals surface area contributed by atoms with Crippen LogP contribution in [0.25, 0.3) is 0 Å². The van der Waals surface area contributed by atoms with Gasteiger partial charge in [0.2, 0.25) is 5.88 Å². The molecule has 7 nitrogen and oxygen atoms in total. The van der Waals surface area contributed by atoms with Crippen molar-refractivity contribution >= 4 is 58.6 Å². The third-order valence-electron chi connectivity index (χ3n) is 5.55. The molecule has 1 N–H and O–H groups in total. The maximum Gasteiger partial charge on any atom is 0.259 e. The largest absolute Gasteiger partial charge is 0.474 e. The average Bonchev–Trinajstić information content (AvgIpc) is 2.93. The zero-order valence-corrected chi connectivity index (χ0v) is 20.1. The number of nitrogens with one attached hydrogen (secondary N) is 1. The molecule has 2 saturated heterocycles. The lowest BCUT2D eigenvalue weighted by molar-refractivity contribution is -0.120. The number of pyridine rings is 1. The number of rotatable bonds is 4. The van der Waals surface area contributed by atoms with Crippen LogP contribution in [0.2, 0.25) is 5.02 Å². The Balaban J connectivity index is 0.00000289. The molecule has 0 atom stereocenters. The van der Waals surface area contributed by atoms with Crippen LogP contribution < -0.4 is 19.9 Å². The molecule has 2 aromatic rings. The van der Waals surface area contributed by atoms with Crippen molar-refractivity contribution in [3.05, 3.63) is 47.1 Å². The van der Waals surface area contributed by atoms with Gasteiger partial charge in [-0.15, -0.1) is 12.4 Å². The second-order valence-electron chi connectivity index (χ2n) is 8.02. The number of carbonyl (C=O) groups is 1. The molecular weight excluding hydrogens is 469 g/mol. The fraction of sp³-hybridized carbons (Fsp3) is 0.364. The number of halogens is 2. The van der Waals surface area contributed by atoms with Crippen LogP contribution in [0.15, 0.2) is 36.5 Å². The molecule has 0 saturated carbocycles. The normalized spacial score (nSPS) is 18.3. The molecule has 2 aliphatic rings. The Morgan fingerprint density at radius 3 is 2.53 bits per heavy atom. The van der Waals surface area contributed by atoms with Crippen LogP contribution in [0, 0.1) is 11.3 Å². The van der Waals surface area contributed by atoms with Gasteiger partial charge in [-0.1, -0.05) is 11.6 Å². The fourth-order valence-corrected chi connectivity index (χ4v) is 4.59. The molecule has 2 fully saturated rings. The summed E-state index contributed by atoms with van der Waals surface area (Å²) in [5, 5.41) is 13.0. The highest BCUT2D eigenvalue weighted by atomic mass is 35.5. The molecule has 1 amide bonds. The minimum absolute atomic E-state index is 0. The second kappa shape index (κ2) is 9.59. The summed E-state index contributed by atoms with van der Waals surface area (Å²) in [7, 11) is 0. The van der Waals surface area contributed by atoms with Crippen molar-refractivity contribution in [2.45, 2.75) is 38.3 Å². The highest BCUT2D eigenvalue weighted by Crippen LogP contribution is 2.37. The van der Waals surface area contributed by atoms with E-state index in [2.05, 4.69) is 10.3 Å². The van der Waals surface area contributed by atoms with E-state index in [1.807, 2.05) is 32.0 Å². The molecule has 0 aliphatic carbocycles. The van der Waals surface area contributed by atoms with Crippen molar-refractivity contribution in [2.24, 2.45) is 0 Å². The molecule has 0 spiro atoms. The summed E-state index contributed by atoms with van der Waals surface area (Å²) >= 11 is 11.9. The van der Waals surface area contributed by atoms with Gasteiger partial charge in [-0.2, -0.15) is 5.26 Å². The van der Waals surface area contributed by atoms with E-state index in [4.69, 9.17) is 33.8 Å². The Hall–Kier alpha value is -2.44. The summed E-state index contributed by atoms with van der Waals surface area (Å²) in [6.45, 7) is 5.51. The number of ether oxygens (including phenoxy) is 1. The van der Waals surface area contributed by atoms with Crippen LogP contribution in [0.3, 0.4) is 0 Å². The molecule has 1 aromatic heterocycles. The first kappa shape index (κ1) is 24.2. The predicted octanol–water partition coefficient (Wildman–Crippen LogP) is 4.08. The number of aromatic nitrogens is 1. The van der Waals surface area contributed by atoms with Crippen molar-refractivity contribution < 1.29 is 9.53 Å². The number of piperidine rings is 1. The van der Waals surface area contributed by atoms with Crippen molar-refractivity contribution in [1.29, 1.82) is 5.26 Å². The monoisotopic (exact) mass is 491 g/mol. The number of amides is 1. The predicted molar refractivity (Wildman–Crippen MR) is 131 cm³/mol. The molecule has 0 radical (unpaired) electrons. The summed E-state index contributed by atoms with van der Waals surface area (Å²) in [6.07, 6.45) is 3.72. The molecule has 4 rings (SSSR count). The zero-order valence-electron chi connectivity index (χ0n) is 17.7. The van der Waals surface area contributed by atoms with Gasteiger partial charge in [0.15, 0.2) is 5.11 Å². The summed E-state index contributed by atoms with van der Waals surface area (Å²) in [6, 6.07) is 10.5. The Morgan fingerprint density at radius 1 is 1.25 bits per heavy atom.